The molecule has 0 unspecified atom stereocenters. The van der Waals surface area contributed by atoms with E-state index in [9.17, 15) is 4.39 Å². The molecule has 0 spiro atoms. The van der Waals surface area contributed by atoms with E-state index in [0.29, 0.717) is 22.2 Å². The fourth-order valence-corrected chi connectivity index (χ4v) is 7.19. The van der Waals surface area contributed by atoms with Crippen LogP contribution in [0.1, 0.15) is 19.4 Å². The van der Waals surface area contributed by atoms with E-state index in [4.69, 9.17) is 2.74 Å². The molecular formula is C39H33FIrN2SSi-2. The Bertz CT molecular complexity index is 2130. The van der Waals surface area contributed by atoms with Crippen LogP contribution in [0.2, 0.25) is 19.6 Å². The van der Waals surface area contributed by atoms with Crippen LogP contribution in [-0.4, -0.2) is 18.0 Å². The first-order valence-electron chi connectivity index (χ1n) is 15.5. The van der Waals surface area contributed by atoms with Gasteiger partial charge in [-0.2, -0.15) is 11.3 Å². The van der Waals surface area contributed by atoms with Crippen molar-refractivity contribution in [2.45, 2.75) is 32.9 Å². The van der Waals surface area contributed by atoms with Crippen molar-refractivity contribution in [2.75, 3.05) is 0 Å². The zero-order valence-corrected chi connectivity index (χ0v) is 29.7. The number of hydrogen-bond donors (Lipinski definition) is 0. The van der Waals surface area contributed by atoms with Gasteiger partial charge < -0.3 is 9.97 Å². The summed E-state index contributed by atoms with van der Waals surface area (Å²) >= 11 is 1.50. The summed E-state index contributed by atoms with van der Waals surface area (Å²) in [5.74, 6) is -0.242. The van der Waals surface area contributed by atoms with Crippen LogP contribution in [0.15, 0.2) is 116 Å². The molecule has 0 atom stereocenters. The second-order valence-corrected chi connectivity index (χ2v) is 17.8. The maximum Gasteiger partial charge on any atom is 0.130 e. The molecule has 1 radical (unpaired) electrons. The first kappa shape index (κ1) is 29.9. The monoisotopic (exact) mass is 803 g/mol. The molecule has 0 N–H and O–H groups in total. The second-order valence-electron chi connectivity index (χ2n) is 11.7. The van der Waals surface area contributed by atoms with Gasteiger partial charge in [0.2, 0.25) is 0 Å². The zero-order valence-electron chi connectivity index (χ0n) is 27.5. The smallest absolute Gasteiger partial charge is 0.130 e. The fourth-order valence-electron chi connectivity index (χ4n) is 4.94. The maximum atomic E-state index is 14.5. The van der Waals surface area contributed by atoms with Gasteiger partial charge in [0, 0.05) is 45.3 Å². The van der Waals surface area contributed by atoms with E-state index in [1.165, 1.54) is 22.6 Å². The van der Waals surface area contributed by atoms with Gasteiger partial charge in [-0.05, 0) is 63.9 Å². The number of aromatic nitrogens is 2. The SMILES string of the molecule is C[Si](C)(C)c1ccc(-c2[c-]cccc2)nc1.[2H]C([2H])(c1ccc(C)cc1)c1ccnc(-c2[c-]ccc3c2sc2cccc(F)c23)c1.[Ir]. The molecule has 3 aromatic heterocycles. The summed E-state index contributed by atoms with van der Waals surface area (Å²) in [5.41, 5.74) is 5.65. The minimum Gasteiger partial charge on any atom is -0.305 e. The van der Waals surface area contributed by atoms with Gasteiger partial charge in [-0.3, -0.25) is 0 Å². The number of pyridine rings is 2. The van der Waals surface area contributed by atoms with Crippen LogP contribution in [-0.2, 0) is 26.5 Å². The van der Waals surface area contributed by atoms with E-state index in [2.05, 4.69) is 53.9 Å². The molecule has 6 heteroatoms. The molecule has 0 bridgehead atoms. The molecule has 0 aliphatic rings. The number of aryl methyl sites for hydroxylation is 1. The molecule has 45 heavy (non-hydrogen) atoms. The van der Waals surface area contributed by atoms with Crippen LogP contribution in [0.3, 0.4) is 0 Å². The van der Waals surface area contributed by atoms with Gasteiger partial charge >= 0.3 is 0 Å². The van der Waals surface area contributed by atoms with E-state index >= 15 is 0 Å². The molecule has 0 fully saturated rings. The van der Waals surface area contributed by atoms with E-state index in [-0.39, 0.29) is 25.9 Å². The summed E-state index contributed by atoms with van der Waals surface area (Å²) in [4.78, 5) is 9.01. The molecule has 7 aromatic rings. The second kappa shape index (κ2) is 14.1. The zero-order chi connectivity index (χ0) is 32.5. The predicted molar refractivity (Wildman–Crippen MR) is 187 cm³/mol. The molecule has 0 saturated carbocycles. The summed E-state index contributed by atoms with van der Waals surface area (Å²) < 4.78 is 33.6. The van der Waals surface area contributed by atoms with Gasteiger partial charge in [-0.25, -0.2) is 4.39 Å². The summed E-state index contributed by atoms with van der Waals surface area (Å²) in [6.45, 7) is 8.98. The number of thiophene rings is 1. The van der Waals surface area contributed by atoms with Crippen molar-refractivity contribution in [3.63, 3.8) is 0 Å². The standard InChI is InChI=1S/C25H17FNS.C14H16NSi.Ir/c1-16-8-10-17(11-9-16)14-18-12-13-27-22(15-18)19-4-2-5-20-24-21(26)6-3-7-23(24)28-25(19)20;1-16(2,3)13-9-10-14(15-11-13)12-7-5-4-6-8-12;/h2-3,5-13,15H,14H2,1H3;4-7,9-11H,1-3H3;/q2*-1;/i14D2;;. The average molecular weight is 803 g/mol. The molecule has 0 aliphatic heterocycles. The van der Waals surface area contributed by atoms with Crippen LogP contribution in [0.5, 0.6) is 0 Å². The Morgan fingerprint density at radius 3 is 2.36 bits per heavy atom. The molecule has 227 valence electrons. The van der Waals surface area contributed by atoms with Crippen LogP contribution in [0.4, 0.5) is 4.39 Å². The minimum atomic E-state index is -1.66. The molecule has 4 aromatic carbocycles. The summed E-state index contributed by atoms with van der Waals surface area (Å²) in [7, 11) is -1.23. The van der Waals surface area contributed by atoms with E-state index in [1.54, 1.807) is 30.5 Å². The fraction of sp³-hybridized carbons (Fsp3) is 0.128. The molecule has 3 heterocycles. The van der Waals surface area contributed by atoms with Crippen LogP contribution in [0.25, 0.3) is 42.7 Å². The van der Waals surface area contributed by atoms with Crippen molar-refractivity contribution >= 4 is 44.8 Å². The van der Waals surface area contributed by atoms with Gasteiger partial charge in [0.05, 0.1) is 8.07 Å². The van der Waals surface area contributed by atoms with Crippen molar-refractivity contribution in [2.24, 2.45) is 0 Å². The van der Waals surface area contributed by atoms with Crippen molar-refractivity contribution in [1.82, 2.24) is 9.97 Å². The Hall–Kier alpha value is -3.80. The number of benzene rings is 4. The van der Waals surface area contributed by atoms with Gasteiger partial charge in [-0.15, -0.1) is 59.7 Å². The topological polar surface area (TPSA) is 25.8 Å². The third-order valence-corrected chi connectivity index (χ3v) is 10.6. The molecule has 0 amide bonds. The molecular weight excluding hydrogens is 768 g/mol. The predicted octanol–water partition coefficient (Wildman–Crippen LogP) is 10.0. The molecule has 0 aliphatic carbocycles. The van der Waals surface area contributed by atoms with Crippen LogP contribution < -0.4 is 5.19 Å². The summed E-state index contributed by atoms with van der Waals surface area (Å²) in [6.07, 6.45) is 1.98. The number of hydrogen-bond acceptors (Lipinski definition) is 3. The van der Waals surface area contributed by atoms with E-state index in [0.717, 1.165) is 37.2 Å². The quantitative estimate of drug-likeness (QED) is 0.128. The van der Waals surface area contributed by atoms with Crippen molar-refractivity contribution in [3.05, 3.63) is 150 Å². The van der Waals surface area contributed by atoms with Crippen molar-refractivity contribution < 1.29 is 27.2 Å². The maximum absolute atomic E-state index is 14.5. The Labute approximate surface area is 286 Å². The largest absolute Gasteiger partial charge is 0.305 e. The number of fused-ring (bicyclic) bond motifs is 3. The molecule has 0 saturated heterocycles. The van der Waals surface area contributed by atoms with Crippen LogP contribution in [0, 0.1) is 24.9 Å². The first-order chi connectivity index (χ1) is 22.0. The van der Waals surface area contributed by atoms with Gasteiger partial charge in [0.15, 0.2) is 0 Å². The Morgan fingerprint density at radius 2 is 1.64 bits per heavy atom. The minimum absolute atomic E-state index is 0. The normalized spacial score (nSPS) is 12.1. The van der Waals surface area contributed by atoms with E-state index in [1.807, 2.05) is 73.8 Å². The Balaban J connectivity index is 0.000000217. The number of nitrogens with zero attached hydrogens (tertiary/aromatic N) is 2. The van der Waals surface area contributed by atoms with Gasteiger partial charge in [0.25, 0.3) is 0 Å². The van der Waals surface area contributed by atoms with Gasteiger partial charge in [-0.1, -0.05) is 79.1 Å². The third-order valence-electron chi connectivity index (χ3n) is 7.38. The molecule has 7 rings (SSSR count). The third kappa shape index (κ3) is 7.54. The molecule has 2 nitrogen and oxygen atoms in total. The first-order valence-corrected chi connectivity index (χ1v) is 18.8. The van der Waals surface area contributed by atoms with Crippen LogP contribution >= 0.6 is 11.3 Å². The number of halogens is 1. The van der Waals surface area contributed by atoms with Crippen molar-refractivity contribution in [1.29, 1.82) is 0 Å². The summed E-state index contributed by atoms with van der Waals surface area (Å²) in [6, 6.07) is 38.3. The average Bonchev–Trinajstić information content (AvgIpc) is 3.46. The van der Waals surface area contributed by atoms with E-state index < -0.39 is 14.4 Å². The Morgan fingerprint density at radius 1 is 0.822 bits per heavy atom. The Kier molecular flexibility index (Phi) is 9.36. The summed E-state index contributed by atoms with van der Waals surface area (Å²) in [5, 5.41) is 2.83. The van der Waals surface area contributed by atoms with Crippen molar-refractivity contribution in [3.8, 4) is 22.5 Å². The number of rotatable bonds is 5. The van der Waals surface area contributed by atoms with Gasteiger partial charge in [0.1, 0.15) is 5.82 Å².